The van der Waals surface area contributed by atoms with E-state index in [-0.39, 0.29) is 12.5 Å². The van der Waals surface area contributed by atoms with Gasteiger partial charge in [0.1, 0.15) is 11.3 Å². The van der Waals surface area contributed by atoms with Crippen molar-refractivity contribution in [2.45, 2.75) is 30.9 Å². The number of pyridine rings is 1. The Labute approximate surface area is 204 Å². The predicted molar refractivity (Wildman–Crippen MR) is 123 cm³/mol. The van der Waals surface area contributed by atoms with Crippen molar-refractivity contribution in [3.05, 3.63) is 94.8 Å². The monoisotopic (exact) mass is 507 g/mol. The highest BCUT2D eigenvalue weighted by Crippen LogP contribution is 2.37. The Morgan fingerprint density at radius 3 is 2.43 bits per heavy atom. The molecule has 1 aliphatic heterocycles. The van der Waals surface area contributed by atoms with Crippen molar-refractivity contribution in [1.29, 1.82) is 0 Å². The van der Waals surface area contributed by atoms with Gasteiger partial charge in [0, 0.05) is 25.7 Å². The number of hydrogen-bond donors (Lipinski definition) is 1. The van der Waals surface area contributed by atoms with Gasteiger partial charge in [-0.2, -0.15) is 17.6 Å². The maximum absolute atomic E-state index is 13.7. The number of amides is 2. The molecule has 1 unspecified atom stereocenters. The van der Waals surface area contributed by atoms with E-state index in [4.69, 9.17) is 11.6 Å². The fourth-order valence-corrected chi connectivity index (χ4v) is 3.97. The van der Waals surface area contributed by atoms with E-state index in [1.807, 2.05) is 30.3 Å². The smallest absolute Gasteiger partial charge is 0.428 e. The van der Waals surface area contributed by atoms with Crippen molar-refractivity contribution in [2.24, 2.45) is 0 Å². The SMILES string of the molecule is O=C(NC(Cc1ccccc1)(c1cccc(OC(F)(F)C(F)F)c1)c1ccc(Cl)cn1)N1CCC1. The van der Waals surface area contributed by atoms with Gasteiger partial charge < -0.3 is 15.0 Å². The first-order valence-electron chi connectivity index (χ1n) is 10.9. The van der Waals surface area contributed by atoms with Crippen LogP contribution in [0.4, 0.5) is 22.4 Å². The van der Waals surface area contributed by atoms with Gasteiger partial charge in [0.15, 0.2) is 0 Å². The lowest BCUT2D eigenvalue weighted by molar-refractivity contribution is -0.253. The van der Waals surface area contributed by atoms with Gasteiger partial charge in [-0.1, -0.05) is 54.1 Å². The number of benzene rings is 2. The quantitative estimate of drug-likeness (QED) is 0.388. The van der Waals surface area contributed by atoms with E-state index in [1.54, 1.807) is 23.1 Å². The Morgan fingerprint density at radius 2 is 1.83 bits per heavy atom. The van der Waals surface area contributed by atoms with Crippen LogP contribution >= 0.6 is 11.6 Å². The molecule has 0 radical (unpaired) electrons. The summed E-state index contributed by atoms with van der Waals surface area (Å²) in [4.78, 5) is 19.2. The molecule has 1 aromatic heterocycles. The Morgan fingerprint density at radius 1 is 1.09 bits per heavy atom. The van der Waals surface area contributed by atoms with Crippen molar-refractivity contribution in [3.63, 3.8) is 0 Å². The first-order chi connectivity index (χ1) is 16.7. The largest absolute Gasteiger partial charge is 0.461 e. The fourth-order valence-electron chi connectivity index (χ4n) is 3.86. The van der Waals surface area contributed by atoms with Crippen LogP contribution in [0.15, 0.2) is 72.9 Å². The molecule has 0 saturated carbocycles. The Balaban J connectivity index is 1.85. The van der Waals surface area contributed by atoms with Crippen LogP contribution < -0.4 is 10.1 Å². The van der Waals surface area contributed by atoms with E-state index < -0.39 is 23.8 Å². The summed E-state index contributed by atoms with van der Waals surface area (Å²) < 4.78 is 57.2. The molecule has 0 bridgehead atoms. The molecule has 5 nitrogen and oxygen atoms in total. The average molecular weight is 508 g/mol. The summed E-state index contributed by atoms with van der Waals surface area (Å²) in [5.41, 5.74) is 0.181. The van der Waals surface area contributed by atoms with Crippen LogP contribution in [-0.4, -0.2) is 41.5 Å². The summed E-state index contributed by atoms with van der Waals surface area (Å²) in [5.74, 6) is -0.475. The summed E-state index contributed by atoms with van der Waals surface area (Å²) >= 11 is 6.05. The van der Waals surface area contributed by atoms with Gasteiger partial charge >= 0.3 is 18.6 Å². The molecule has 1 saturated heterocycles. The van der Waals surface area contributed by atoms with Gasteiger partial charge in [0.2, 0.25) is 0 Å². The van der Waals surface area contributed by atoms with E-state index >= 15 is 0 Å². The van der Waals surface area contributed by atoms with Crippen LogP contribution in [0.1, 0.15) is 23.2 Å². The number of likely N-dealkylation sites (tertiary alicyclic amines) is 1. The molecule has 1 atom stereocenters. The number of aromatic nitrogens is 1. The zero-order valence-electron chi connectivity index (χ0n) is 18.4. The topological polar surface area (TPSA) is 54.5 Å². The van der Waals surface area contributed by atoms with Gasteiger partial charge in [-0.3, -0.25) is 4.98 Å². The van der Waals surface area contributed by atoms with Crippen LogP contribution in [0.5, 0.6) is 5.75 Å². The van der Waals surface area contributed by atoms with E-state index in [9.17, 15) is 22.4 Å². The Kier molecular flexibility index (Phi) is 7.16. The fraction of sp³-hybridized carbons (Fsp3) is 0.280. The van der Waals surface area contributed by atoms with Crippen molar-refractivity contribution in [2.75, 3.05) is 13.1 Å². The highest BCUT2D eigenvalue weighted by molar-refractivity contribution is 6.30. The number of rotatable bonds is 8. The second-order valence-electron chi connectivity index (χ2n) is 8.19. The number of carbonyl (C=O) groups is 1. The van der Waals surface area contributed by atoms with Crippen molar-refractivity contribution in [1.82, 2.24) is 15.2 Å². The molecule has 2 aromatic carbocycles. The Hall–Kier alpha value is -3.33. The van der Waals surface area contributed by atoms with Crippen LogP contribution in [0.3, 0.4) is 0 Å². The minimum atomic E-state index is -4.68. The predicted octanol–water partition coefficient (Wildman–Crippen LogP) is 5.87. The number of urea groups is 1. The molecule has 0 aliphatic carbocycles. The molecule has 0 spiro atoms. The highest BCUT2D eigenvalue weighted by atomic mass is 35.5. The maximum Gasteiger partial charge on any atom is 0.461 e. The summed E-state index contributed by atoms with van der Waals surface area (Å²) in [6.07, 6.45) is -6.22. The second kappa shape index (κ2) is 10.1. The highest BCUT2D eigenvalue weighted by Gasteiger charge is 2.45. The first kappa shape index (κ1) is 24.8. The zero-order chi connectivity index (χ0) is 25.1. The van der Waals surface area contributed by atoms with E-state index in [2.05, 4.69) is 15.0 Å². The van der Waals surface area contributed by atoms with Gasteiger partial charge in [0.05, 0.1) is 10.7 Å². The molecular weight excluding hydrogens is 486 g/mol. The molecule has 10 heteroatoms. The molecule has 4 rings (SSSR count). The molecule has 1 aliphatic rings. The third kappa shape index (κ3) is 5.51. The minimum absolute atomic E-state index is 0.191. The number of carbonyl (C=O) groups excluding carboxylic acids is 1. The molecule has 2 heterocycles. The average Bonchev–Trinajstić information content (AvgIpc) is 2.78. The lowest BCUT2D eigenvalue weighted by Gasteiger charge is -2.39. The lowest BCUT2D eigenvalue weighted by atomic mass is 9.80. The number of ether oxygens (including phenoxy) is 1. The van der Waals surface area contributed by atoms with Crippen molar-refractivity contribution >= 4 is 17.6 Å². The molecule has 184 valence electrons. The molecule has 3 aromatic rings. The van der Waals surface area contributed by atoms with Gasteiger partial charge in [0.25, 0.3) is 0 Å². The number of nitrogens with one attached hydrogen (secondary N) is 1. The Bertz CT molecular complexity index is 1160. The number of hydrogen-bond acceptors (Lipinski definition) is 3. The first-order valence-corrected chi connectivity index (χ1v) is 11.3. The molecular formula is C25H22ClF4N3O2. The molecule has 2 amide bonds. The number of halogens is 5. The van der Waals surface area contributed by atoms with Crippen LogP contribution in [0.25, 0.3) is 0 Å². The minimum Gasteiger partial charge on any atom is -0.428 e. The van der Waals surface area contributed by atoms with Crippen molar-refractivity contribution in [3.8, 4) is 5.75 Å². The number of alkyl halides is 4. The van der Waals surface area contributed by atoms with E-state index in [1.165, 1.54) is 18.3 Å². The lowest BCUT2D eigenvalue weighted by Crippen LogP contribution is -2.56. The summed E-state index contributed by atoms with van der Waals surface area (Å²) in [6, 6.07) is 17.4. The van der Waals surface area contributed by atoms with Crippen LogP contribution in [0.2, 0.25) is 5.02 Å². The molecule has 35 heavy (non-hydrogen) atoms. The summed E-state index contributed by atoms with van der Waals surface area (Å²) in [7, 11) is 0. The van der Waals surface area contributed by atoms with Gasteiger partial charge in [-0.15, -0.1) is 0 Å². The summed E-state index contributed by atoms with van der Waals surface area (Å²) in [6.45, 7) is 1.15. The van der Waals surface area contributed by atoms with E-state index in [0.29, 0.717) is 29.4 Å². The zero-order valence-corrected chi connectivity index (χ0v) is 19.2. The van der Waals surface area contributed by atoms with Gasteiger partial charge in [-0.05, 0) is 41.8 Å². The molecule has 1 N–H and O–H groups in total. The standard InChI is InChI=1S/C25H22ClF4N3O2/c26-19-10-11-21(31-16-19)24(15-17-6-2-1-3-7-17,32-23(34)33-12-5-13-33)18-8-4-9-20(14-18)35-25(29,30)22(27)28/h1-4,6-11,14,16,22H,5,12-13,15H2,(H,32,34). The van der Waals surface area contributed by atoms with Gasteiger partial charge in [-0.25, -0.2) is 4.79 Å². The van der Waals surface area contributed by atoms with Crippen molar-refractivity contribution < 1.29 is 27.1 Å². The third-order valence-corrected chi connectivity index (χ3v) is 6.00. The third-order valence-electron chi connectivity index (χ3n) is 5.78. The second-order valence-corrected chi connectivity index (χ2v) is 8.63. The normalized spacial score (nSPS) is 15.3. The van der Waals surface area contributed by atoms with Crippen LogP contribution in [-0.2, 0) is 12.0 Å². The van der Waals surface area contributed by atoms with Crippen LogP contribution in [0, 0.1) is 0 Å². The number of nitrogens with zero attached hydrogens (tertiary/aromatic N) is 2. The summed E-state index contributed by atoms with van der Waals surface area (Å²) in [5, 5.41) is 3.40. The maximum atomic E-state index is 13.7. The van der Waals surface area contributed by atoms with E-state index in [0.717, 1.165) is 18.1 Å². The molecule has 1 fully saturated rings.